The molecule has 0 saturated heterocycles. The number of hydrogen-bond donors (Lipinski definition) is 1. The van der Waals surface area contributed by atoms with Crippen LogP contribution in [0.15, 0.2) is 12.7 Å². The van der Waals surface area contributed by atoms with Crippen molar-refractivity contribution in [1.29, 1.82) is 0 Å². The van der Waals surface area contributed by atoms with Gasteiger partial charge in [-0.1, -0.05) is 11.2 Å². The number of aromatic nitrogens is 4. The van der Waals surface area contributed by atoms with Gasteiger partial charge in [0.1, 0.15) is 0 Å². The topological polar surface area (TPSA) is 85.6 Å². The van der Waals surface area contributed by atoms with Gasteiger partial charge < -0.3 is 0 Å². The fraction of sp³-hybridized carbons (Fsp3) is 0.200. The molecular weight excluding hydrogens is 146 g/mol. The fourth-order valence-corrected chi connectivity index (χ4v) is 0.489. The van der Waals surface area contributed by atoms with E-state index in [4.69, 9.17) is 0 Å². The molecule has 0 bridgehead atoms. The Bertz CT molecular complexity index is 241. The summed E-state index contributed by atoms with van der Waals surface area (Å²) >= 11 is 0. The lowest BCUT2D eigenvalue weighted by molar-refractivity contribution is -0.119. The van der Waals surface area contributed by atoms with Crippen LogP contribution in [0.25, 0.3) is 0 Å². The quantitative estimate of drug-likeness (QED) is 0.593. The molecule has 6 heteroatoms. The predicted molar refractivity (Wildman–Crippen MR) is 35.8 cm³/mol. The first kappa shape index (κ1) is 7.39. The number of aromatic amines is 1. The van der Waals surface area contributed by atoms with Crippen LogP contribution in [0.4, 0.5) is 5.95 Å². The molecule has 11 heavy (non-hydrogen) atoms. The second-order valence-corrected chi connectivity index (χ2v) is 1.72. The SMILES string of the molecule is C=CCC(=O)[N]c1nnn[nH]1. The minimum atomic E-state index is -0.321. The fourth-order valence-electron chi connectivity index (χ4n) is 0.489. The number of nitrogens with one attached hydrogen (secondary N) is 1. The zero-order chi connectivity index (χ0) is 8.10. The molecule has 0 spiro atoms. The lowest BCUT2D eigenvalue weighted by atomic mass is 10.4. The maximum Gasteiger partial charge on any atom is 0.269 e. The molecule has 0 aliphatic rings. The van der Waals surface area contributed by atoms with Crippen LogP contribution in [0, 0.1) is 0 Å². The van der Waals surface area contributed by atoms with E-state index in [-0.39, 0.29) is 18.3 Å². The van der Waals surface area contributed by atoms with Crippen LogP contribution in [0.3, 0.4) is 0 Å². The third-order valence-corrected chi connectivity index (χ3v) is 0.884. The molecule has 1 aromatic heterocycles. The highest BCUT2D eigenvalue weighted by atomic mass is 16.1. The van der Waals surface area contributed by atoms with Gasteiger partial charge in [0, 0.05) is 6.42 Å². The predicted octanol–water partition coefficient (Wildman–Crippen LogP) is -0.462. The van der Waals surface area contributed by atoms with E-state index in [1.807, 2.05) is 0 Å². The van der Waals surface area contributed by atoms with E-state index in [0.717, 1.165) is 0 Å². The molecule has 1 heterocycles. The van der Waals surface area contributed by atoms with Gasteiger partial charge in [-0.2, -0.15) is 5.32 Å². The smallest absolute Gasteiger partial charge is 0.269 e. The molecule has 0 atom stereocenters. The molecule has 0 unspecified atom stereocenters. The Labute approximate surface area is 62.7 Å². The highest BCUT2D eigenvalue weighted by molar-refractivity contribution is 5.80. The molecule has 0 saturated carbocycles. The Balaban J connectivity index is 2.43. The summed E-state index contributed by atoms with van der Waals surface area (Å²) in [5, 5.41) is 15.7. The van der Waals surface area contributed by atoms with E-state index >= 15 is 0 Å². The van der Waals surface area contributed by atoms with Gasteiger partial charge in [-0.05, 0) is 10.4 Å². The van der Waals surface area contributed by atoms with Crippen molar-refractivity contribution in [3.63, 3.8) is 0 Å². The Morgan fingerprint density at radius 3 is 3.18 bits per heavy atom. The maximum atomic E-state index is 10.8. The molecule has 0 aliphatic heterocycles. The lowest BCUT2D eigenvalue weighted by Gasteiger charge is -1.90. The van der Waals surface area contributed by atoms with Gasteiger partial charge in [-0.25, -0.2) is 5.10 Å². The Hall–Kier alpha value is -1.72. The van der Waals surface area contributed by atoms with Gasteiger partial charge in [-0.3, -0.25) is 4.79 Å². The van der Waals surface area contributed by atoms with Gasteiger partial charge in [0.25, 0.3) is 11.9 Å². The second kappa shape index (κ2) is 3.45. The monoisotopic (exact) mass is 152 g/mol. The molecule has 0 aliphatic carbocycles. The van der Waals surface area contributed by atoms with Crippen LogP contribution in [-0.2, 0) is 4.79 Å². The average Bonchev–Trinajstić information content (AvgIpc) is 2.40. The van der Waals surface area contributed by atoms with Crippen molar-refractivity contribution >= 4 is 11.9 Å². The summed E-state index contributed by atoms with van der Waals surface area (Å²) in [4.78, 5) is 10.8. The highest BCUT2D eigenvalue weighted by Crippen LogP contribution is 1.92. The molecule has 1 aromatic rings. The number of carbonyl (C=O) groups is 1. The molecule has 0 fully saturated rings. The zero-order valence-electron chi connectivity index (χ0n) is 5.69. The van der Waals surface area contributed by atoms with E-state index in [1.54, 1.807) is 0 Å². The lowest BCUT2D eigenvalue weighted by Crippen LogP contribution is -2.09. The van der Waals surface area contributed by atoms with Crippen LogP contribution >= 0.6 is 0 Å². The summed E-state index contributed by atoms with van der Waals surface area (Å²) in [5.41, 5.74) is 0. The van der Waals surface area contributed by atoms with E-state index < -0.39 is 0 Å². The molecule has 57 valence electrons. The minimum Gasteiger partial charge on any atom is -0.272 e. The molecular formula is C5H6N5O. The number of hydrogen-bond acceptors (Lipinski definition) is 4. The van der Waals surface area contributed by atoms with E-state index in [2.05, 4.69) is 32.5 Å². The van der Waals surface area contributed by atoms with Crippen molar-refractivity contribution in [2.24, 2.45) is 0 Å². The molecule has 1 amide bonds. The third kappa shape index (κ3) is 2.17. The second-order valence-electron chi connectivity index (χ2n) is 1.72. The van der Waals surface area contributed by atoms with Gasteiger partial charge >= 0.3 is 0 Å². The highest BCUT2D eigenvalue weighted by Gasteiger charge is 2.03. The van der Waals surface area contributed by atoms with Crippen molar-refractivity contribution in [3.8, 4) is 0 Å². The Kier molecular flexibility index (Phi) is 2.32. The summed E-state index contributed by atoms with van der Waals surface area (Å²) in [5.74, 6) is -0.199. The first-order chi connectivity index (χ1) is 5.33. The van der Waals surface area contributed by atoms with Gasteiger partial charge in [-0.15, -0.1) is 6.58 Å². The molecule has 1 N–H and O–H groups in total. The van der Waals surface area contributed by atoms with Crippen molar-refractivity contribution in [2.45, 2.75) is 6.42 Å². The minimum absolute atomic E-state index is 0.122. The van der Waals surface area contributed by atoms with Crippen LogP contribution in [0.5, 0.6) is 0 Å². The van der Waals surface area contributed by atoms with E-state index in [1.165, 1.54) is 6.08 Å². The molecule has 1 rings (SSSR count). The number of rotatable bonds is 3. The molecule has 6 nitrogen and oxygen atoms in total. The number of amides is 1. The van der Waals surface area contributed by atoms with Crippen LogP contribution in [0.2, 0.25) is 0 Å². The number of nitrogens with zero attached hydrogens (tertiary/aromatic N) is 4. The van der Waals surface area contributed by atoms with Crippen molar-refractivity contribution < 1.29 is 4.79 Å². The summed E-state index contributed by atoms with van der Waals surface area (Å²) in [7, 11) is 0. The van der Waals surface area contributed by atoms with Gasteiger partial charge in [0.2, 0.25) is 0 Å². The van der Waals surface area contributed by atoms with E-state index in [0.29, 0.717) is 0 Å². The molecule has 0 aromatic carbocycles. The average molecular weight is 152 g/mol. The van der Waals surface area contributed by atoms with Gasteiger partial charge in [0.15, 0.2) is 0 Å². The largest absolute Gasteiger partial charge is 0.272 e. The van der Waals surface area contributed by atoms with Crippen LogP contribution in [-0.4, -0.2) is 26.5 Å². The van der Waals surface area contributed by atoms with Crippen molar-refractivity contribution in [2.75, 3.05) is 0 Å². The van der Waals surface area contributed by atoms with Crippen molar-refractivity contribution in [3.05, 3.63) is 12.7 Å². The standard InChI is InChI=1S/C5H6N5O/c1-2-3-4(11)6-5-7-9-10-8-5/h2H,1,3H2,(H,7,8,9,10). The summed E-state index contributed by atoms with van der Waals surface area (Å²) in [6.45, 7) is 3.39. The normalized spacial score (nSPS) is 9.09. The number of carbonyl (C=O) groups excluding carboxylic acids is 1. The van der Waals surface area contributed by atoms with Gasteiger partial charge in [0.05, 0.1) is 0 Å². The zero-order valence-corrected chi connectivity index (χ0v) is 5.69. The third-order valence-electron chi connectivity index (χ3n) is 0.884. The first-order valence-electron chi connectivity index (χ1n) is 2.92. The molecule has 1 radical (unpaired) electrons. The summed E-state index contributed by atoms with van der Waals surface area (Å²) < 4.78 is 0. The summed E-state index contributed by atoms with van der Waals surface area (Å²) in [6, 6.07) is 0. The van der Waals surface area contributed by atoms with Crippen molar-refractivity contribution in [1.82, 2.24) is 25.9 Å². The number of tetrazole rings is 1. The van der Waals surface area contributed by atoms with Crippen LogP contribution in [0.1, 0.15) is 6.42 Å². The Morgan fingerprint density at radius 2 is 2.64 bits per heavy atom. The van der Waals surface area contributed by atoms with Crippen LogP contribution < -0.4 is 5.32 Å². The number of H-pyrrole nitrogens is 1. The first-order valence-corrected chi connectivity index (χ1v) is 2.92. The maximum absolute atomic E-state index is 10.8. The van der Waals surface area contributed by atoms with E-state index in [9.17, 15) is 4.79 Å². The summed E-state index contributed by atoms with van der Waals surface area (Å²) in [6.07, 6.45) is 1.66. The Morgan fingerprint density at radius 1 is 1.82 bits per heavy atom.